The molecule has 2 aromatic carbocycles. The van der Waals surface area contributed by atoms with Crippen molar-refractivity contribution in [3.63, 3.8) is 0 Å². The molecule has 1 N–H and O–H groups in total. The van der Waals surface area contributed by atoms with E-state index in [0.29, 0.717) is 21.9 Å². The lowest BCUT2D eigenvalue weighted by molar-refractivity contribution is 0.0726. The van der Waals surface area contributed by atoms with Crippen LogP contribution in [0, 0.1) is 0 Å². The number of nitrogens with one attached hydrogen (secondary N) is 1. The second-order valence-corrected chi connectivity index (χ2v) is 7.14. The number of hydrogen-bond acceptors (Lipinski definition) is 2. The Bertz CT molecular complexity index is 1000. The summed E-state index contributed by atoms with van der Waals surface area (Å²) in [6.07, 6.45) is 3.26. The van der Waals surface area contributed by atoms with Gasteiger partial charge in [-0.1, -0.05) is 22.0 Å². The zero-order valence-corrected chi connectivity index (χ0v) is 14.7. The molecule has 3 aromatic rings. The van der Waals surface area contributed by atoms with Crippen LogP contribution >= 0.6 is 15.9 Å². The monoisotopic (exact) mass is 384 g/mol. The van der Waals surface area contributed by atoms with Crippen molar-refractivity contribution in [3.8, 4) is 0 Å². The molecule has 0 bridgehead atoms. The molecule has 0 spiro atoms. The van der Waals surface area contributed by atoms with Gasteiger partial charge in [0, 0.05) is 28.3 Å². The van der Waals surface area contributed by atoms with Gasteiger partial charge in [0.05, 0.1) is 16.6 Å². The smallest absolute Gasteiger partial charge is 0.255 e. The van der Waals surface area contributed by atoms with Crippen LogP contribution in [0.1, 0.15) is 29.6 Å². The van der Waals surface area contributed by atoms with E-state index < -0.39 is 0 Å². The number of halogens is 1. The standard InChI is InChI=1S/C19H17BrN2O2/c20-12-7-8-13-16(11-12)21-17-14(18(13)23)5-4-6-15(17)19(24)22-9-2-1-3-10-22/h4-8,11H,1-3,9-10H2,(H,21,23). The van der Waals surface area contributed by atoms with E-state index in [-0.39, 0.29) is 11.3 Å². The fraction of sp³-hybridized carbons (Fsp3) is 0.263. The summed E-state index contributed by atoms with van der Waals surface area (Å²) in [7, 11) is 0. The van der Waals surface area contributed by atoms with E-state index in [1.54, 1.807) is 24.3 Å². The highest BCUT2D eigenvalue weighted by atomic mass is 79.9. The molecule has 1 fully saturated rings. The molecular weight excluding hydrogens is 368 g/mol. The Morgan fingerprint density at radius 2 is 1.83 bits per heavy atom. The minimum atomic E-state index is -0.0421. The zero-order valence-electron chi connectivity index (χ0n) is 13.1. The van der Waals surface area contributed by atoms with Gasteiger partial charge in [-0.05, 0) is 49.6 Å². The molecule has 0 radical (unpaired) electrons. The Morgan fingerprint density at radius 3 is 2.62 bits per heavy atom. The number of amides is 1. The number of aromatic amines is 1. The number of rotatable bonds is 1. The summed E-state index contributed by atoms with van der Waals surface area (Å²) in [4.78, 5) is 30.9. The highest BCUT2D eigenvalue weighted by Crippen LogP contribution is 2.23. The molecule has 5 heteroatoms. The largest absolute Gasteiger partial charge is 0.354 e. The summed E-state index contributed by atoms with van der Waals surface area (Å²) in [6, 6.07) is 10.9. The molecule has 24 heavy (non-hydrogen) atoms. The molecule has 0 aliphatic carbocycles. The highest BCUT2D eigenvalue weighted by molar-refractivity contribution is 9.10. The summed E-state index contributed by atoms with van der Waals surface area (Å²) in [5, 5.41) is 1.20. The van der Waals surface area contributed by atoms with Gasteiger partial charge in [0.25, 0.3) is 5.91 Å². The second kappa shape index (κ2) is 6.06. The molecule has 122 valence electrons. The number of benzene rings is 2. The molecule has 0 unspecified atom stereocenters. The number of hydrogen-bond donors (Lipinski definition) is 1. The lowest BCUT2D eigenvalue weighted by Crippen LogP contribution is -2.35. The molecule has 2 heterocycles. The van der Waals surface area contributed by atoms with Crippen molar-refractivity contribution in [2.24, 2.45) is 0 Å². The highest BCUT2D eigenvalue weighted by Gasteiger charge is 2.21. The lowest BCUT2D eigenvalue weighted by Gasteiger charge is -2.27. The average Bonchev–Trinajstić information content (AvgIpc) is 2.61. The normalized spacial score (nSPS) is 15.1. The number of nitrogens with zero attached hydrogens (tertiary/aromatic N) is 1. The van der Waals surface area contributed by atoms with Crippen LogP contribution in [0.4, 0.5) is 0 Å². The van der Waals surface area contributed by atoms with Gasteiger partial charge >= 0.3 is 0 Å². The quantitative estimate of drug-likeness (QED) is 0.642. The topological polar surface area (TPSA) is 53.2 Å². The summed E-state index contributed by atoms with van der Waals surface area (Å²) < 4.78 is 0.893. The summed E-state index contributed by atoms with van der Waals surface area (Å²) in [5.41, 5.74) is 1.90. The van der Waals surface area contributed by atoms with Crippen LogP contribution in [-0.4, -0.2) is 28.9 Å². The van der Waals surface area contributed by atoms with Gasteiger partial charge in [-0.25, -0.2) is 0 Å². The summed E-state index contributed by atoms with van der Waals surface area (Å²) >= 11 is 3.43. The first kappa shape index (κ1) is 15.4. The number of H-pyrrole nitrogens is 1. The van der Waals surface area contributed by atoms with Crippen molar-refractivity contribution in [2.45, 2.75) is 19.3 Å². The van der Waals surface area contributed by atoms with Gasteiger partial charge in [0.15, 0.2) is 5.43 Å². The number of pyridine rings is 1. The maximum Gasteiger partial charge on any atom is 0.255 e. The van der Waals surface area contributed by atoms with Crippen LogP contribution in [-0.2, 0) is 0 Å². The van der Waals surface area contributed by atoms with E-state index in [9.17, 15) is 9.59 Å². The Labute approximate surface area is 147 Å². The third-order valence-corrected chi connectivity index (χ3v) is 5.16. The van der Waals surface area contributed by atoms with Gasteiger partial charge in [0.1, 0.15) is 0 Å². The molecule has 0 atom stereocenters. The number of carbonyl (C=O) groups excluding carboxylic acids is 1. The van der Waals surface area contributed by atoms with Gasteiger partial charge in [-0.2, -0.15) is 0 Å². The number of likely N-dealkylation sites (tertiary alicyclic amines) is 1. The number of carbonyl (C=O) groups is 1. The first-order valence-electron chi connectivity index (χ1n) is 8.19. The van der Waals surface area contributed by atoms with Crippen LogP contribution in [0.2, 0.25) is 0 Å². The lowest BCUT2D eigenvalue weighted by atomic mass is 10.0. The summed E-state index contributed by atoms with van der Waals surface area (Å²) in [5.74, 6) is 0.00490. The van der Waals surface area contributed by atoms with E-state index in [1.165, 1.54) is 6.42 Å². The molecule has 0 saturated carbocycles. The minimum absolute atomic E-state index is 0.00490. The fourth-order valence-corrected chi connectivity index (χ4v) is 3.78. The van der Waals surface area contributed by atoms with Crippen molar-refractivity contribution < 1.29 is 4.79 Å². The van der Waals surface area contributed by atoms with E-state index >= 15 is 0 Å². The third kappa shape index (κ3) is 2.53. The van der Waals surface area contributed by atoms with Gasteiger partial charge in [-0.15, -0.1) is 0 Å². The van der Waals surface area contributed by atoms with Crippen molar-refractivity contribution in [3.05, 3.63) is 56.7 Å². The maximum atomic E-state index is 12.9. The molecule has 1 amide bonds. The van der Waals surface area contributed by atoms with Crippen molar-refractivity contribution >= 4 is 43.6 Å². The first-order valence-corrected chi connectivity index (χ1v) is 8.98. The number of piperidine rings is 1. The average molecular weight is 385 g/mol. The fourth-order valence-electron chi connectivity index (χ4n) is 3.42. The molecule has 4 nitrogen and oxygen atoms in total. The summed E-state index contributed by atoms with van der Waals surface area (Å²) in [6.45, 7) is 1.58. The van der Waals surface area contributed by atoms with E-state index in [2.05, 4.69) is 20.9 Å². The van der Waals surface area contributed by atoms with Crippen molar-refractivity contribution in [1.82, 2.24) is 9.88 Å². The Hall–Kier alpha value is -2.14. The molecule has 1 saturated heterocycles. The van der Waals surface area contributed by atoms with Crippen molar-refractivity contribution in [2.75, 3.05) is 13.1 Å². The second-order valence-electron chi connectivity index (χ2n) is 6.23. The van der Waals surface area contributed by atoms with Crippen LogP contribution < -0.4 is 5.43 Å². The minimum Gasteiger partial charge on any atom is -0.354 e. The number of aromatic nitrogens is 1. The predicted octanol–water partition coefficient (Wildman–Crippen LogP) is 4.07. The number of fused-ring (bicyclic) bond motifs is 2. The Morgan fingerprint density at radius 1 is 1.04 bits per heavy atom. The van der Waals surface area contributed by atoms with Crippen LogP contribution in [0.5, 0.6) is 0 Å². The predicted molar refractivity (Wildman–Crippen MR) is 99.5 cm³/mol. The van der Waals surface area contributed by atoms with E-state index in [0.717, 1.165) is 35.9 Å². The van der Waals surface area contributed by atoms with Crippen LogP contribution in [0.15, 0.2) is 45.7 Å². The van der Waals surface area contributed by atoms with E-state index in [1.807, 2.05) is 17.0 Å². The first-order chi connectivity index (χ1) is 11.6. The van der Waals surface area contributed by atoms with Gasteiger partial charge in [0.2, 0.25) is 0 Å². The SMILES string of the molecule is O=C(c1cccc2c(=O)c3ccc(Br)cc3[nH]c12)N1CCCCC1. The van der Waals surface area contributed by atoms with Gasteiger partial charge < -0.3 is 9.88 Å². The number of para-hydroxylation sites is 1. The Balaban J connectivity index is 1.94. The van der Waals surface area contributed by atoms with Crippen LogP contribution in [0.3, 0.4) is 0 Å². The molecule has 1 aliphatic rings. The molecular formula is C19H17BrN2O2. The molecule has 4 rings (SSSR count). The van der Waals surface area contributed by atoms with Crippen LogP contribution in [0.25, 0.3) is 21.8 Å². The third-order valence-electron chi connectivity index (χ3n) is 4.67. The molecule has 1 aromatic heterocycles. The van der Waals surface area contributed by atoms with Gasteiger partial charge in [-0.3, -0.25) is 9.59 Å². The Kier molecular flexibility index (Phi) is 3.88. The zero-order chi connectivity index (χ0) is 16.7. The van der Waals surface area contributed by atoms with Crippen molar-refractivity contribution in [1.29, 1.82) is 0 Å². The molecule has 1 aliphatic heterocycles. The maximum absolute atomic E-state index is 12.9. The van der Waals surface area contributed by atoms with E-state index in [4.69, 9.17) is 0 Å².